The fourth-order valence-electron chi connectivity index (χ4n) is 5.51. The summed E-state index contributed by atoms with van der Waals surface area (Å²) in [7, 11) is 0. The molecule has 2 fully saturated rings. The lowest BCUT2D eigenvalue weighted by Crippen LogP contribution is -2.47. The van der Waals surface area contributed by atoms with E-state index in [-0.39, 0.29) is 0 Å². The van der Waals surface area contributed by atoms with E-state index in [0.29, 0.717) is 28.6 Å². The third-order valence-electron chi connectivity index (χ3n) is 6.21. The molecule has 1 nitrogen and oxygen atoms in total. The number of hydrogen-bond acceptors (Lipinski definition) is 1. The van der Waals surface area contributed by atoms with Gasteiger partial charge in [-0.2, -0.15) is 0 Å². The van der Waals surface area contributed by atoms with Crippen molar-refractivity contribution in [3.05, 3.63) is 12.2 Å². The van der Waals surface area contributed by atoms with Crippen LogP contribution in [0.15, 0.2) is 12.2 Å². The molecule has 4 bridgehead atoms. The summed E-state index contributed by atoms with van der Waals surface area (Å²) in [5.74, 6) is 1.88. The van der Waals surface area contributed by atoms with Gasteiger partial charge in [0.1, 0.15) is 0 Å². The largest absolute Gasteiger partial charge is 0.386 e. The second kappa shape index (κ2) is 2.75. The second-order valence-electron chi connectivity index (χ2n) is 7.22. The Bertz CT molecular complexity index is 354. The van der Waals surface area contributed by atoms with E-state index in [9.17, 15) is 5.11 Å². The van der Waals surface area contributed by atoms with Crippen molar-refractivity contribution < 1.29 is 5.11 Å². The van der Waals surface area contributed by atoms with Crippen LogP contribution < -0.4 is 0 Å². The summed E-state index contributed by atoms with van der Waals surface area (Å²) in [4.78, 5) is 0. The average Bonchev–Trinajstić information content (AvgIpc) is 2.57. The molecule has 16 heavy (non-hydrogen) atoms. The Morgan fingerprint density at radius 2 is 1.94 bits per heavy atom. The van der Waals surface area contributed by atoms with Crippen LogP contribution >= 0.6 is 0 Å². The molecule has 0 saturated heterocycles. The number of aliphatic hydroxyl groups is 1. The van der Waals surface area contributed by atoms with Crippen molar-refractivity contribution in [3.8, 4) is 0 Å². The average molecular weight is 220 g/mol. The maximum absolute atomic E-state index is 10.7. The van der Waals surface area contributed by atoms with Gasteiger partial charge in [0, 0.05) is 5.92 Å². The maximum atomic E-state index is 10.7. The minimum absolute atomic E-state index is 0.364. The summed E-state index contributed by atoms with van der Waals surface area (Å²) in [5.41, 5.74) is 0.178. The van der Waals surface area contributed by atoms with E-state index >= 15 is 0 Å². The van der Waals surface area contributed by atoms with E-state index in [4.69, 9.17) is 0 Å². The van der Waals surface area contributed by atoms with E-state index in [2.05, 4.69) is 32.9 Å². The van der Waals surface area contributed by atoms with Gasteiger partial charge in [-0.1, -0.05) is 32.9 Å². The van der Waals surface area contributed by atoms with Crippen LogP contribution in [0.4, 0.5) is 0 Å². The van der Waals surface area contributed by atoms with E-state index in [1.54, 1.807) is 0 Å². The molecule has 3 aliphatic carbocycles. The first-order valence-electron chi connectivity index (χ1n) is 6.75. The lowest BCUT2D eigenvalue weighted by molar-refractivity contribution is -0.0512. The van der Waals surface area contributed by atoms with Crippen molar-refractivity contribution in [2.75, 3.05) is 0 Å². The molecule has 0 spiro atoms. The molecule has 0 aromatic carbocycles. The minimum atomic E-state index is -0.581. The van der Waals surface area contributed by atoms with Crippen LogP contribution in [0, 0.1) is 28.6 Å². The molecule has 0 radical (unpaired) electrons. The van der Waals surface area contributed by atoms with E-state index in [1.807, 2.05) is 6.92 Å². The van der Waals surface area contributed by atoms with E-state index in [1.165, 1.54) is 19.3 Å². The highest BCUT2D eigenvalue weighted by Gasteiger charge is 2.70. The molecule has 0 amide bonds. The zero-order valence-electron chi connectivity index (χ0n) is 11.0. The molecular weight excluding hydrogens is 196 g/mol. The SMILES string of the molecule is CC(C)[C@]12CC[C@@]3(C)[C@H](C=CC(C)(O)[C@H]13)C2. The summed E-state index contributed by atoms with van der Waals surface area (Å²) in [6.45, 7) is 9.14. The highest BCUT2D eigenvalue weighted by atomic mass is 16.3. The second-order valence-corrected chi connectivity index (χ2v) is 7.22. The Kier molecular flexibility index (Phi) is 1.86. The van der Waals surface area contributed by atoms with Gasteiger partial charge in [-0.05, 0) is 48.9 Å². The van der Waals surface area contributed by atoms with Crippen molar-refractivity contribution in [1.82, 2.24) is 0 Å². The lowest BCUT2D eigenvalue weighted by atomic mass is 9.62. The van der Waals surface area contributed by atoms with Gasteiger partial charge in [-0.25, -0.2) is 0 Å². The molecule has 1 heteroatoms. The van der Waals surface area contributed by atoms with Crippen LogP contribution in [-0.4, -0.2) is 10.7 Å². The minimum Gasteiger partial charge on any atom is -0.386 e. The van der Waals surface area contributed by atoms with Crippen molar-refractivity contribution in [3.63, 3.8) is 0 Å². The molecule has 3 aliphatic rings. The van der Waals surface area contributed by atoms with Crippen LogP contribution in [0.1, 0.15) is 47.0 Å². The summed E-state index contributed by atoms with van der Waals surface area (Å²) in [6.07, 6.45) is 8.32. The first-order chi connectivity index (χ1) is 7.33. The number of hydrogen-bond donors (Lipinski definition) is 1. The Morgan fingerprint density at radius 1 is 1.25 bits per heavy atom. The smallest absolute Gasteiger partial charge is 0.0838 e. The first-order valence-corrected chi connectivity index (χ1v) is 6.75. The van der Waals surface area contributed by atoms with Crippen molar-refractivity contribution in [2.24, 2.45) is 28.6 Å². The topological polar surface area (TPSA) is 20.2 Å². The predicted octanol–water partition coefficient (Wildman–Crippen LogP) is 3.39. The van der Waals surface area contributed by atoms with Crippen molar-refractivity contribution in [1.29, 1.82) is 0 Å². The lowest BCUT2D eigenvalue weighted by Gasteiger charge is -2.45. The molecule has 90 valence electrons. The van der Waals surface area contributed by atoms with Crippen LogP contribution in [0.5, 0.6) is 0 Å². The van der Waals surface area contributed by atoms with Crippen LogP contribution in [0.25, 0.3) is 0 Å². The fraction of sp³-hybridized carbons (Fsp3) is 0.867. The van der Waals surface area contributed by atoms with Gasteiger partial charge in [-0.15, -0.1) is 0 Å². The van der Waals surface area contributed by atoms with Crippen molar-refractivity contribution >= 4 is 0 Å². The number of allylic oxidation sites excluding steroid dienone is 1. The summed E-state index contributed by atoms with van der Waals surface area (Å²) in [6, 6.07) is 0. The number of rotatable bonds is 1. The maximum Gasteiger partial charge on any atom is 0.0838 e. The van der Waals surface area contributed by atoms with Gasteiger partial charge in [0.05, 0.1) is 5.60 Å². The predicted molar refractivity (Wildman–Crippen MR) is 66.0 cm³/mol. The third-order valence-corrected chi connectivity index (χ3v) is 6.21. The first kappa shape index (κ1) is 10.8. The summed E-state index contributed by atoms with van der Waals surface area (Å²) in [5, 5.41) is 10.7. The molecule has 1 N–H and O–H groups in total. The van der Waals surface area contributed by atoms with Gasteiger partial charge in [0.25, 0.3) is 0 Å². The van der Waals surface area contributed by atoms with Gasteiger partial charge < -0.3 is 5.11 Å². The van der Waals surface area contributed by atoms with Gasteiger partial charge in [0.2, 0.25) is 0 Å². The Balaban J connectivity index is 2.16. The third kappa shape index (κ3) is 0.971. The van der Waals surface area contributed by atoms with Gasteiger partial charge in [0.15, 0.2) is 0 Å². The van der Waals surface area contributed by atoms with Crippen LogP contribution in [-0.2, 0) is 0 Å². The molecule has 0 aliphatic heterocycles. The molecule has 0 heterocycles. The van der Waals surface area contributed by atoms with Crippen LogP contribution in [0.2, 0.25) is 0 Å². The molecule has 0 aromatic heterocycles. The summed E-state index contributed by atoms with van der Waals surface area (Å²) < 4.78 is 0. The van der Waals surface area contributed by atoms with E-state index < -0.39 is 5.60 Å². The monoisotopic (exact) mass is 220 g/mol. The molecule has 2 saturated carbocycles. The van der Waals surface area contributed by atoms with Gasteiger partial charge in [-0.3, -0.25) is 0 Å². The summed E-state index contributed by atoms with van der Waals surface area (Å²) >= 11 is 0. The van der Waals surface area contributed by atoms with E-state index in [0.717, 1.165) is 0 Å². The highest BCUT2D eigenvalue weighted by molar-refractivity contribution is 5.28. The molecule has 5 atom stereocenters. The Labute approximate surface area is 98.9 Å². The van der Waals surface area contributed by atoms with Gasteiger partial charge >= 0.3 is 0 Å². The zero-order valence-corrected chi connectivity index (χ0v) is 11.0. The standard InChI is InChI=1S/C15H24O/c1-10(2)15-8-7-13(3)11(9-15)5-6-14(4,16)12(13)15/h5-6,10-12,16H,7-9H2,1-4H3/t11-,12-,13+,14?,15-/m1/s1. The molecular formula is C15H24O. The highest BCUT2D eigenvalue weighted by Crippen LogP contribution is 2.74. The van der Waals surface area contributed by atoms with Crippen molar-refractivity contribution in [2.45, 2.75) is 52.6 Å². The fourth-order valence-corrected chi connectivity index (χ4v) is 5.51. The molecule has 0 aromatic rings. The van der Waals surface area contributed by atoms with Crippen LogP contribution in [0.3, 0.4) is 0 Å². The normalized spacial score (nSPS) is 58.6. The Hall–Kier alpha value is -0.300. The molecule has 3 rings (SSSR count). The zero-order chi connectivity index (χ0) is 11.8. The Morgan fingerprint density at radius 3 is 2.56 bits per heavy atom. The molecule has 1 unspecified atom stereocenters. The quantitative estimate of drug-likeness (QED) is 0.672.